The number of hydrogen-bond acceptors (Lipinski definition) is 4. The van der Waals surface area contributed by atoms with Crippen LogP contribution in [0.3, 0.4) is 0 Å². The molecule has 2 aromatic carbocycles. The molecule has 0 saturated carbocycles. The predicted molar refractivity (Wildman–Crippen MR) is 86.1 cm³/mol. The van der Waals surface area contributed by atoms with Crippen molar-refractivity contribution in [3.63, 3.8) is 0 Å². The summed E-state index contributed by atoms with van der Waals surface area (Å²) in [6, 6.07) is 16.4. The van der Waals surface area contributed by atoms with E-state index in [4.69, 9.17) is 11.1 Å². The number of anilines is 1. The summed E-state index contributed by atoms with van der Waals surface area (Å²) in [6.45, 7) is 0. The molecule has 4 N–H and O–H groups in total. The molecule has 0 amide bonds. The van der Waals surface area contributed by atoms with Crippen molar-refractivity contribution in [3.8, 4) is 0 Å². The monoisotopic (exact) mass is 281 g/mol. The van der Waals surface area contributed by atoms with Crippen molar-refractivity contribution in [2.24, 2.45) is 5.73 Å². The molecule has 0 bridgehead atoms. The van der Waals surface area contributed by atoms with E-state index in [9.17, 15) is 0 Å². The quantitative estimate of drug-likeness (QED) is 0.749. The number of nitrogens with one attached hydrogen (secondary N) is 2. The Labute approximate surface area is 122 Å². The first kappa shape index (κ1) is 12.8. The van der Waals surface area contributed by atoms with Gasteiger partial charge in [-0.2, -0.15) is 0 Å². The molecule has 4 heteroatoms. The molecule has 1 atom stereocenters. The highest BCUT2D eigenvalue weighted by molar-refractivity contribution is 8.00. The van der Waals surface area contributed by atoms with Gasteiger partial charge in [-0.1, -0.05) is 42.1 Å². The van der Waals surface area contributed by atoms with Crippen LogP contribution in [0.1, 0.15) is 16.5 Å². The smallest absolute Gasteiger partial charge is 0.103 e. The molecule has 20 heavy (non-hydrogen) atoms. The summed E-state index contributed by atoms with van der Waals surface area (Å²) in [5.41, 5.74) is 9.86. The Morgan fingerprint density at radius 2 is 2.05 bits per heavy atom. The highest BCUT2D eigenvalue weighted by Gasteiger charge is 2.22. The van der Waals surface area contributed by atoms with E-state index in [1.165, 1.54) is 22.4 Å². The maximum Gasteiger partial charge on any atom is 0.103 e. The number of fused-ring (bicyclic) bond motifs is 1. The van der Waals surface area contributed by atoms with E-state index in [0.29, 0.717) is 5.70 Å². The van der Waals surface area contributed by atoms with Crippen LogP contribution in [0.15, 0.2) is 59.5 Å². The van der Waals surface area contributed by atoms with E-state index in [-0.39, 0.29) is 5.37 Å². The second kappa shape index (κ2) is 5.43. The lowest BCUT2D eigenvalue weighted by Crippen LogP contribution is -2.03. The molecule has 1 aliphatic rings. The number of allylic oxidation sites excluding steroid dienone is 1. The van der Waals surface area contributed by atoms with Gasteiger partial charge >= 0.3 is 0 Å². The highest BCUT2D eigenvalue weighted by atomic mass is 32.2. The van der Waals surface area contributed by atoms with Crippen LogP contribution in [-0.2, 0) is 0 Å². The second-order valence-corrected chi connectivity index (χ2v) is 5.70. The van der Waals surface area contributed by atoms with Crippen LogP contribution < -0.4 is 11.1 Å². The Balaban J connectivity index is 1.88. The second-order valence-electron chi connectivity index (χ2n) is 4.55. The standard InChI is InChI=1S/C16H15N3S/c17-9-8-13(18)11-4-3-5-12(10-11)16-19-14-6-1-2-7-15(14)20-16/h1-10,16-17,19H,18H2. The average Bonchev–Trinajstić information content (AvgIpc) is 2.91. The van der Waals surface area contributed by atoms with Gasteiger partial charge in [-0.25, -0.2) is 0 Å². The minimum Gasteiger partial charge on any atom is -0.398 e. The molecule has 0 saturated heterocycles. The van der Waals surface area contributed by atoms with Crippen molar-refractivity contribution in [2.75, 3.05) is 5.32 Å². The van der Waals surface area contributed by atoms with Gasteiger partial charge in [0.15, 0.2) is 0 Å². The van der Waals surface area contributed by atoms with Gasteiger partial charge in [0.25, 0.3) is 0 Å². The molecule has 0 radical (unpaired) electrons. The fourth-order valence-electron chi connectivity index (χ4n) is 2.21. The van der Waals surface area contributed by atoms with Crippen molar-refractivity contribution in [1.29, 1.82) is 5.41 Å². The summed E-state index contributed by atoms with van der Waals surface area (Å²) in [7, 11) is 0. The Hall–Kier alpha value is -2.20. The molecular formula is C16H15N3S. The minimum atomic E-state index is 0.208. The molecule has 0 aromatic heterocycles. The zero-order valence-electron chi connectivity index (χ0n) is 10.8. The van der Waals surface area contributed by atoms with E-state index in [1.54, 1.807) is 17.8 Å². The first-order chi connectivity index (χ1) is 9.78. The zero-order valence-corrected chi connectivity index (χ0v) is 11.7. The number of rotatable bonds is 3. The van der Waals surface area contributed by atoms with Crippen LogP contribution in [-0.4, -0.2) is 6.21 Å². The van der Waals surface area contributed by atoms with Crippen molar-refractivity contribution in [3.05, 3.63) is 65.7 Å². The highest BCUT2D eigenvalue weighted by Crippen LogP contribution is 2.46. The number of hydrogen-bond donors (Lipinski definition) is 3. The summed E-state index contributed by atoms with van der Waals surface area (Å²) >= 11 is 1.81. The molecule has 0 fully saturated rings. The average molecular weight is 281 g/mol. The maximum absolute atomic E-state index is 7.09. The van der Waals surface area contributed by atoms with Gasteiger partial charge in [-0.3, -0.25) is 0 Å². The third-order valence-corrected chi connectivity index (χ3v) is 4.44. The molecule has 1 aliphatic heterocycles. The fourth-order valence-corrected chi connectivity index (χ4v) is 3.34. The van der Waals surface area contributed by atoms with E-state index in [2.05, 4.69) is 35.6 Å². The summed E-state index contributed by atoms with van der Waals surface area (Å²) in [5.74, 6) is 0. The first-order valence-corrected chi connectivity index (χ1v) is 7.24. The van der Waals surface area contributed by atoms with Crippen LogP contribution in [0.5, 0.6) is 0 Å². The lowest BCUT2D eigenvalue weighted by Gasteiger charge is -2.12. The van der Waals surface area contributed by atoms with E-state index in [0.717, 1.165) is 5.56 Å². The molecule has 3 nitrogen and oxygen atoms in total. The normalized spacial score (nSPS) is 17.4. The van der Waals surface area contributed by atoms with Gasteiger partial charge in [0, 0.05) is 22.5 Å². The number of nitrogens with two attached hydrogens (primary N) is 1. The topological polar surface area (TPSA) is 61.9 Å². The third kappa shape index (κ3) is 2.42. The van der Waals surface area contributed by atoms with Crippen molar-refractivity contribution in [1.82, 2.24) is 0 Å². The summed E-state index contributed by atoms with van der Waals surface area (Å²) in [4.78, 5) is 1.27. The number of benzene rings is 2. The SMILES string of the molecule is N=CC=C(N)c1cccc(C2Nc3ccccc3S2)c1. The molecule has 0 aliphatic carbocycles. The van der Waals surface area contributed by atoms with Gasteiger partial charge in [0.05, 0.1) is 0 Å². The number of thioether (sulfide) groups is 1. The molecule has 1 unspecified atom stereocenters. The van der Waals surface area contributed by atoms with Gasteiger partial charge in [0.1, 0.15) is 5.37 Å². The van der Waals surface area contributed by atoms with Crippen LogP contribution >= 0.6 is 11.8 Å². The lowest BCUT2D eigenvalue weighted by molar-refractivity contribution is 1.13. The Morgan fingerprint density at radius 1 is 1.20 bits per heavy atom. The summed E-state index contributed by atoms with van der Waals surface area (Å²) in [6.07, 6.45) is 2.81. The molecule has 1 heterocycles. The van der Waals surface area contributed by atoms with Gasteiger partial charge in [0.2, 0.25) is 0 Å². The predicted octanol–water partition coefficient (Wildman–Crippen LogP) is 3.85. The van der Waals surface area contributed by atoms with Gasteiger partial charge in [-0.15, -0.1) is 0 Å². The van der Waals surface area contributed by atoms with Crippen LogP contribution in [0.25, 0.3) is 5.70 Å². The Bertz CT molecular complexity index is 654. The Kier molecular flexibility index (Phi) is 3.48. The van der Waals surface area contributed by atoms with Gasteiger partial charge in [-0.05, 0) is 35.4 Å². The molecule has 100 valence electrons. The van der Waals surface area contributed by atoms with Crippen LogP contribution in [0, 0.1) is 5.41 Å². The molecule has 0 spiro atoms. The zero-order chi connectivity index (χ0) is 13.9. The van der Waals surface area contributed by atoms with E-state index in [1.807, 2.05) is 18.2 Å². The molecule has 2 aromatic rings. The minimum absolute atomic E-state index is 0.208. The third-order valence-electron chi connectivity index (χ3n) is 3.20. The van der Waals surface area contributed by atoms with Crippen molar-refractivity contribution in [2.45, 2.75) is 10.3 Å². The maximum atomic E-state index is 7.09. The number of para-hydroxylation sites is 1. The lowest BCUT2D eigenvalue weighted by atomic mass is 10.1. The van der Waals surface area contributed by atoms with Crippen LogP contribution in [0.2, 0.25) is 0 Å². The summed E-state index contributed by atoms with van der Waals surface area (Å²) < 4.78 is 0. The van der Waals surface area contributed by atoms with Crippen LogP contribution in [0.4, 0.5) is 5.69 Å². The molecule has 3 rings (SSSR count). The van der Waals surface area contributed by atoms with Crippen molar-refractivity contribution < 1.29 is 0 Å². The largest absolute Gasteiger partial charge is 0.398 e. The van der Waals surface area contributed by atoms with E-state index < -0.39 is 0 Å². The summed E-state index contributed by atoms with van der Waals surface area (Å²) in [5, 5.41) is 10.8. The molecular weight excluding hydrogens is 266 g/mol. The van der Waals surface area contributed by atoms with Crippen molar-refractivity contribution >= 4 is 29.4 Å². The first-order valence-electron chi connectivity index (χ1n) is 6.37. The fraction of sp³-hybridized carbons (Fsp3) is 0.0625. The van der Waals surface area contributed by atoms with Gasteiger partial charge < -0.3 is 16.5 Å². The Morgan fingerprint density at radius 3 is 2.85 bits per heavy atom. The van der Waals surface area contributed by atoms with E-state index >= 15 is 0 Å².